The maximum Gasteiger partial charge on any atom is 0.258 e. The third-order valence-corrected chi connectivity index (χ3v) is 7.03. The van der Waals surface area contributed by atoms with Gasteiger partial charge in [0.15, 0.2) is 0 Å². The molecule has 3 heteroatoms. The molecule has 0 saturated heterocycles. The summed E-state index contributed by atoms with van der Waals surface area (Å²) in [5, 5.41) is 5.72. The Bertz CT molecular complexity index is 1380. The Morgan fingerprint density at radius 2 is 1.55 bits per heavy atom. The normalized spacial score (nSPS) is 15.6. The fraction of sp³-hybridized carbons (Fsp3) is 0.300. The number of nitrogens with zero attached hydrogens (tertiary/aromatic N) is 1. The van der Waals surface area contributed by atoms with E-state index in [4.69, 9.17) is 0 Å². The van der Waals surface area contributed by atoms with Gasteiger partial charge < -0.3 is 9.88 Å². The van der Waals surface area contributed by atoms with Gasteiger partial charge in [0.05, 0.1) is 0 Å². The van der Waals surface area contributed by atoms with Crippen molar-refractivity contribution in [2.24, 2.45) is 0 Å². The molecule has 1 atom stereocenters. The van der Waals surface area contributed by atoms with Crippen LogP contribution in [0, 0.1) is 27.7 Å². The second kappa shape index (κ2) is 8.64. The van der Waals surface area contributed by atoms with Crippen LogP contribution in [-0.2, 0) is 13.1 Å². The monoisotopic (exact) mass is 436 g/mol. The molecule has 1 aromatic heterocycles. The van der Waals surface area contributed by atoms with Crippen LogP contribution in [0.4, 0.5) is 0 Å². The number of rotatable bonds is 4. The number of nitrogens with one attached hydrogen (secondary N) is 1. The molecule has 1 aliphatic heterocycles. The van der Waals surface area contributed by atoms with Gasteiger partial charge in [-0.25, -0.2) is 0 Å². The van der Waals surface area contributed by atoms with Crippen LogP contribution in [0.15, 0.2) is 65.5 Å². The Kier molecular flexibility index (Phi) is 5.67. The van der Waals surface area contributed by atoms with Gasteiger partial charge in [-0.2, -0.15) is 0 Å². The third-order valence-electron chi connectivity index (χ3n) is 7.03. The molecular formula is C30H32N2O. The molecule has 3 aromatic carbocycles. The van der Waals surface area contributed by atoms with Crippen LogP contribution in [0.3, 0.4) is 0 Å². The van der Waals surface area contributed by atoms with Crippen molar-refractivity contribution in [2.75, 3.05) is 0 Å². The summed E-state index contributed by atoms with van der Waals surface area (Å²) >= 11 is 0. The predicted octanol–water partition coefficient (Wildman–Crippen LogP) is 6.53. The number of benzene rings is 3. The van der Waals surface area contributed by atoms with Crippen LogP contribution >= 0.6 is 0 Å². The summed E-state index contributed by atoms with van der Waals surface area (Å²) in [6.45, 7) is 10.1. The molecule has 0 saturated carbocycles. The minimum absolute atomic E-state index is 0.133. The van der Waals surface area contributed by atoms with Crippen molar-refractivity contribution >= 4 is 10.8 Å². The molecule has 0 radical (unpaired) electrons. The van der Waals surface area contributed by atoms with Crippen LogP contribution in [0.1, 0.15) is 52.4 Å². The summed E-state index contributed by atoms with van der Waals surface area (Å²) in [5.41, 5.74) is 9.90. The van der Waals surface area contributed by atoms with Crippen LogP contribution in [0.2, 0.25) is 0 Å². The number of hydrogen-bond acceptors (Lipinski definition) is 2. The Balaban J connectivity index is 1.70. The molecule has 2 heterocycles. The van der Waals surface area contributed by atoms with Crippen molar-refractivity contribution < 1.29 is 0 Å². The Labute approximate surface area is 196 Å². The molecule has 3 nitrogen and oxygen atoms in total. The SMILES string of the molecule is Cc1cc(C)cc(CNC2CCCn3c2c(-c2ccccc2)c2cc(C)c(C)cc2c3=O)c1. The van der Waals surface area contributed by atoms with Gasteiger partial charge in [-0.3, -0.25) is 4.79 Å². The van der Waals surface area contributed by atoms with E-state index in [-0.39, 0.29) is 11.6 Å². The maximum atomic E-state index is 13.7. The minimum Gasteiger partial charge on any atom is -0.310 e. The average Bonchev–Trinajstić information content (AvgIpc) is 2.79. The van der Waals surface area contributed by atoms with Gasteiger partial charge in [0.2, 0.25) is 0 Å². The minimum atomic E-state index is 0.133. The van der Waals surface area contributed by atoms with E-state index in [1.54, 1.807) is 0 Å². The lowest BCUT2D eigenvalue weighted by Crippen LogP contribution is -2.35. The zero-order chi connectivity index (χ0) is 23.1. The lowest BCUT2D eigenvalue weighted by Gasteiger charge is -2.31. The number of fused-ring (bicyclic) bond motifs is 2. The van der Waals surface area contributed by atoms with Crippen molar-refractivity contribution in [2.45, 2.75) is 59.7 Å². The molecule has 4 aromatic rings. The number of hydrogen-bond donors (Lipinski definition) is 1. The van der Waals surface area contributed by atoms with Crippen LogP contribution < -0.4 is 10.9 Å². The van der Waals surface area contributed by atoms with E-state index < -0.39 is 0 Å². The van der Waals surface area contributed by atoms with Crippen molar-refractivity contribution in [3.05, 3.63) is 105 Å². The molecule has 0 amide bonds. The number of pyridine rings is 1. The molecule has 33 heavy (non-hydrogen) atoms. The van der Waals surface area contributed by atoms with Crippen molar-refractivity contribution in [3.63, 3.8) is 0 Å². The average molecular weight is 437 g/mol. The van der Waals surface area contributed by atoms with E-state index in [9.17, 15) is 4.79 Å². The first-order valence-electron chi connectivity index (χ1n) is 12.0. The smallest absolute Gasteiger partial charge is 0.258 e. The van der Waals surface area contributed by atoms with Crippen molar-refractivity contribution in [1.29, 1.82) is 0 Å². The standard InChI is InChI=1S/C30H32N2O/c1-19-13-20(2)15-23(14-19)18-31-27-11-8-12-32-29(27)28(24-9-6-5-7-10-24)25-16-21(3)22(4)17-26(25)30(32)33/h5-7,9-10,13-17,27,31H,8,11-12,18H2,1-4H3. The Hall–Kier alpha value is -3.17. The van der Waals surface area contributed by atoms with Gasteiger partial charge in [-0.15, -0.1) is 0 Å². The summed E-state index contributed by atoms with van der Waals surface area (Å²) in [4.78, 5) is 13.7. The van der Waals surface area contributed by atoms with E-state index in [1.807, 2.05) is 4.57 Å². The molecule has 0 fully saturated rings. The summed E-state index contributed by atoms with van der Waals surface area (Å²) < 4.78 is 2.04. The van der Waals surface area contributed by atoms with Gasteiger partial charge >= 0.3 is 0 Å². The second-order valence-electron chi connectivity index (χ2n) is 9.64. The van der Waals surface area contributed by atoms with Crippen LogP contribution in [-0.4, -0.2) is 4.57 Å². The van der Waals surface area contributed by atoms with E-state index in [0.717, 1.165) is 42.4 Å². The highest BCUT2D eigenvalue weighted by molar-refractivity contribution is 5.98. The summed E-state index contributed by atoms with van der Waals surface area (Å²) in [7, 11) is 0. The number of aromatic nitrogens is 1. The number of aryl methyl sites for hydroxylation is 4. The lowest BCUT2D eigenvalue weighted by atomic mass is 9.88. The molecule has 0 aliphatic carbocycles. The van der Waals surface area contributed by atoms with Gasteiger partial charge in [-0.1, -0.05) is 65.7 Å². The van der Waals surface area contributed by atoms with E-state index in [0.29, 0.717) is 0 Å². The largest absolute Gasteiger partial charge is 0.310 e. The Morgan fingerprint density at radius 1 is 0.879 bits per heavy atom. The van der Waals surface area contributed by atoms with Gasteiger partial charge in [0.1, 0.15) is 0 Å². The van der Waals surface area contributed by atoms with E-state index in [2.05, 4.69) is 93.7 Å². The fourth-order valence-electron chi connectivity index (χ4n) is 5.42. The highest BCUT2D eigenvalue weighted by Gasteiger charge is 2.27. The summed E-state index contributed by atoms with van der Waals surface area (Å²) in [6.07, 6.45) is 2.03. The van der Waals surface area contributed by atoms with Gasteiger partial charge in [0.25, 0.3) is 5.56 Å². The first-order valence-corrected chi connectivity index (χ1v) is 12.0. The molecule has 0 spiro atoms. The molecule has 5 rings (SSSR count). The molecule has 1 unspecified atom stereocenters. The van der Waals surface area contributed by atoms with Crippen LogP contribution in [0.25, 0.3) is 21.9 Å². The quantitative estimate of drug-likeness (QED) is 0.395. The predicted molar refractivity (Wildman–Crippen MR) is 138 cm³/mol. The first-order chi connectivity index (χ1) is 15.9. The topological polar surface area (TPSA) is 34.0 Å². The zero-order valence-corrected chi connectivity index (χ0v) is 20.0. The molecule has 0 bridgehead atoms. The fourth-order valence-corrected chi connectivity index (χ4v) is 5.42. The van der Waals surface area contributed by atoms with Crippen LogP contribution in [0.5, 0.6) is 0 Å². The van der Waals surface area contributed by atoms with E-state index >= 15 is 0 Å². The van der Waals surface area contributed by atoms with Crippen molar-refractivity contribution in [1.82, 2.24) is 9.88 Å². The Morgan fingerprint density at radius 3 is 2.24 bits per heavy atom. The third kappa shape index (κ3) is 4.02. The highest BCUT2D eigenvalue weighted by Crippen LogP contribution is 2.38. The second-order valence-corrected chi connectivity index (χ2v) is 9.64. The zero-order valence-electron chi connectivity index (χ0n) is 20.0. The van der Waals surface area contributed by atoms with Crippen molar-refractivity contribution in [3.8, 4) is 11.1 Å². The van der Waals surface area contributed by atoms with E-state index in [1.165, 1.54) is 38.9 Å². The molecule has 168 valence electrons. The highest BCUT2D eigenvalue weighted by atomic mass is 16.1. The maximum absolute atomic E-state index is 13.7. The summed E-state index contributed by atoms with van der Waals surface area (Å²) in [6, 6.07) is 21.7. The first kappa shape index (κ1) is 21.7. The molecule has 1 aliphatic rings. The summed E-state index contributed by atoms with van der Waals surface area (Å²) in [5.74, 6) is 0. The van der Waals surface area contributed by atoms with Gasteiger partial charge in [-0.05, 0) is 74.2 Å². The molecular weight excluding hydrogens is 404 g/mol. The van der Waals surface area contributed by atoms with Gasteiger partial charge in [0, 0.05) is 35.8 Å². The molecule has 1 N–H and O–H groups in total. The lowest BCUT2D eigenvalue weighted by molar-refractivity contribution is 0.388.